The van der Waals surface area contributed by atoms with E-state index >= 15 is 0 Å². The van der Waals surface area contributed by atoms with Gasteiger partial charge in [0.25, 0.3) is 0 Å². The third-order valence-electron chi connectivity index (χ3n) is 5.17. The summed E-state index contributed by atoms with van der Waals surface area (Å²) in [6.45, 7) is 4.29. The van der Waals surface area contributed by atoms with Crippen molar-refractivity contribution in [2.75, 3.05) is 7.05 Å². The molecule has 0 N–H and O–H groups in total. The van der Waals surface area contributed by atoms with Crippen molar-refractivity contribution in [2.45, 2.75) is 32.0 Å². The first-order valence-electron chi connectivity index (χ1n) is 7.21. The average Bonchev–Trinajstić information content (AvgIpc) is 3.02. The Hall–Kier alpha value is -1.68. The number of amides is 2. The minimum Gasteiger partial charge on any atom is -0.285 e. The molecular weight excluding hydrogens is 252 g/mol. The van der Waals surface area contributed by atoms with Crippen LogP contribution in [0.3, 0.4) is 0 Å². The van der Waals surface area contributed by atoms with Gasteiger partial charge in [-0.15, -0.1) is 0 Å². The highest BCUT2D eigenvalue weighted by atomic mass is 16.2. The van der Waals surface area contributed by atoms with Gasteiger partial charge in [-0.3, -0.25) is 19.4 Å². The zero-order chi connectivity index (χ0) is 14.2. The summed E-state index contributed by atoms with van der Waals surface area (Å²) in [5.41, 5.74) is 2.48. The second-order valence-corrected chi connectivity index (χ2v) is 6.35. The lowest BCUT2D eigenvalue weighted by Crippen LogP contribution is -2.36. The fourth-order valence-corrected chi connectivity index (χ4v) is 4.47. The smallest absolute Gasteiger partial charge is 0.234 e. The average molecular weight is 270 g/mol. The van der Waals surface area contributed by atoms with Crippen molar-refractivity contribution >= 4 is 11.8 Å². The first-order valence-corrected chi connectivity index (χ1v) is 7.21. The molecule has 1 aromatic rings. The summed E-state index contributed by atoms with van der Waals surface area (Å²) in [7, 11) is 1.62. The van der Waals surface area contributed by atoms with E-state index in [4.69, 9.17) is 0 Å². The van der Waals surface area contributed by atoms with E-state index in [9.17, 15) is 9.59 Å². The standard InChI is InChI=1S/C16H18N2O2/c1-8(2)18-13-9-6-4-5-7-10(9)14(18)12-11(13)15(19)17(3)16(12)20/h4-8,11-14H,1-3H3/t11-,12+,13+,14-. The van der Waals surface area contributed by atoms with E-state index in [0.29, 0.717) is 6.04 Å². The molecule has 0 unspecified atom stereocenters. The molecule has 2 amide bonds. The van der Waals surface area contributed by atoms with Gasteiger partial charge < -0.3 is 0 Å². The molecule has 0 saturated carbocycles. The Morgan fingerprint density at radius 2 is 1.40 bits per heavy atom. The normalized spacial score (nSPS) is 35.1. The van der Waals surface area contributed by atoms with Gasteiger partial charge in [0, 0.05) is 25.2 Å². The topological polar surface area (TPSA) is 40.6 Å². The van der Waals surface area contributed by atoms with Gasteiger partial charge in [-0.2, -0.15) is 0 Å². The van der Waals surface area contributed by atoms with E-state index in [0.717, 1.165) is 0 Å². The molecule has 3 aliphatic heterocycles. The number of likely N-dealkylation sites (tertiary alicyclic amines) is 1. The number of rotatable bonds is 1. The van der Waals surface area contributed by atoms with E-state index in [1.54, 1.807) is 7.05 Å². The third-order valence-corrected chi connectivity index (χ3v) is 5.17. The van der Waals surface area contributed by atoms with Crippen molar-refractivity contribution in [3.05, 3.63) is 35.4 Å². The van der Waals surface area contributed by atoms with Crippen molar-refractivity contribution in [3.8, 4) is 0 Å². The molecule has 4 nitrogen and oxygen atoms in total. The van der Waals surface area contributed by atoms with Crippen molar-refractivity contribution in [1.29, 1.82) is 0 Å². The molecule has 4 atom stereocenters. The number of fused-ring (bicyclic) bond motifs is 8. The Morgan fingerprint density at radius 3 is 1.80 bits per heavy atom. The van der Waals surface area contributed by atoms with Gasteiger partial charge in [0.15, 0.2) is 0 Å². The molecule has 0 aromatic heterocycles. The molecule has 4 heteroatoms. The molecule has 20 heavy (non-hydrogen) atoms. The van der Waals surface area contributed by atoms with Gasteiger partial charge in [-0.1, -0.05) is 24.3 Å². The Balaban J connectivity index is 1.92. The lowest BCUT2D eigenvalue weighted by Gasteiger charge is -2.29. The number of carbonyl (C=O) groups is 2. The van der Waals surface area contributed by atoms with E-state index < -0.39 is 0 Å². The van der Waals surface area contributed by atoms with Crippen LogP contribution in [0.4, 0.5) is 0 Å². The molecule has 3 aliphatic rings. The second kappa shape index (κ2) is 3.70. The van der Waals surface area contributed by atoms with Crippen molar-refractivity contribution in [1.82, 2.24) is 9.80 Å². The van der Waals surface area contributed by atoms with E-state index in [-0.39, 0.29) is 35.7 Å². The Morgan fingerprint density at radius 1 is 0.950 bits per heavy atom. The Kier molecular flexibility index (Phi) is 2.24. The van der Waals surface area contributed by atoms with Crippen LogP contribution in [0.15, 0.2) is 24.3 Å². The zero-order valence-electron chi connectivity index (χ0n) is 11.9. The van der Waals surface area contributed by atoms with Crippen LogP contribution in [0.2, 0.25) is 0 Å². The van der Waals surface area contributed by atoms with Crippen LogP contribution in [0.5, 0.6) is 0 Å². The first-order chi connectivity index (χ1) is 9.54. The minimum absolute atomic E-state index is 0.00680. The molecule has 2 fully saturated rings. The highest BCUT2D eigenvalue weighted by Crippen LogP contribution is 2.62. The largest absolute Gasteiger partial charge is 0.285 e. The Labute approximate surface area is 118 Å². The maximum atomic E-state index is 12.4. The van der Waals surface area contributed by atoms with Crippen LogP contribution in [0, 0.1) is 11.8 Å². The van der Waals surface area contributed by atoms with Crippen LogP contribution in [0.25, 0.3) is 0 Å². The highest BCUT2D eigenvalue weighted by molar-refractivity contribution is 6.06. The van der Waals surface area contributed by atoms with E-state index in [1.807, 2.05) is 12.1 Å². The van der Waals surface area contributed by atoms with E-state index in [2.05, 4.69) is 30.9 Å². The number of hydrogen-bond acceptors (Lipinski definition) is 3. The third kappa shape index (κ3) is 1.17. The summed E-state index contributed by atoms with van der Waals surface area (Å²) in [5, 5.41) is 0. The van der Waals surface area contributed by atoms with E-state index in [1.165, 1.54) is 16.0 Å². The van der Waals surface area contributed by atoms with Gasteiger partial charge in [0.1, 0.15) is 0 Å². The van der Waals surface area contributed by atoms with Gasteiger partial charge in [-0.25, -0.2) is 0 Å². The maximum absolute atomic E-state index is 12.4. The van der Waals surface area contributed by atoms with Gasteiger partial charge >= 0.3 is 0 Å². The lowest BCUT2D eigenvalue weighted by molar-refractivity contribution is -0.140. The number of benzene rings is 1. The predicted molar refractivity (Wildman–Crippen MR) is 73.7 cm³/mol. The molecule has 3 heterocycles. The van der Waals surface area contributed by atoms with Crippen LogP contribution < -0.4 is 0 Å². The Bertz CT molecular complexity index is 576. The van der Waals surface area contributed by atoms with Crippen molar-refractivity contribution in [2.24, 2.45) is 11.8 Å². The fraction of sp³-hybridized carbons (Fsp3) is 0.500. The van der Waals surface area contributed by atoms with Crippen LogP contribution in [-0.4, -0.2) is 34.7 Å². The lowest BCUT2D eigenvalue weighted by atomic mass is 9.77. The summed E-state index contributed by atoms with van der Waals surface area (Å²) >= 11 is 0. The highest BCUT2D eigenvalue weighted by Gasteiger charge is 2.66. The molecule has 0 spiro atoms. The summed E-state index contributed by atoms with van der Waals surface area (Å²) in [4.78, 5) is 28.6. The maximum Gasteiger partial charge on any atom is 0.234 e. The van der Waals surface area contributed by atoms with Gasteiger partial charge in [0.2, 0.25) is 11.8 Å². The number of imide groups is 1. The minimum atomic E-state index is -0.185. The fourth-order valence-electron chi connectivity index (χ4n) is 4.47. The molecular formula is C16H18N2O2. The summed E-state index contributed by atoms with van der Waals surface area (Å²) < 4.78 is 0. The number of hydrogen-bond donors (Lipinski definition) is 0. The van der Waals surface area contributed by atoms with Crippen LogP contribution in [0.1, 0.15) is 37.1 Å². The van der Waals surface area contributed by atoms with Crippen molar-refractivity contribution in [3.63, 3.8) is 0 Å². The molecule has 4 rings (SSSR count). The molecule has 2 saturated heterocycles. The van der Waals surface area contributed by atoms with Gasteiger partial charge in [-0.05, 0) is 25.0 Å². The SMILES string of the molecule is CC(C)N1[C@@H]2c3ccccc3[C@H]1[C@@H]1C(=O)N(C)C(=O)[C@@H]12. The van der Waals surface area contributed by atoms with Crippen LogP contribution in [-0.2, 0) is 9.59 Å². The van der Waals surface area contributed by atoms with Crippen LogP contribution >= 0.6 is 0 Å². The number of carbonyl (C=O) groups excluding carboxylic acids is 2. The molecule has 104 valence electrons. The molecule has 0 radical (unpaired) electrons. The summed E-state index contributed by atoms with van der Waals surface area (Å²) in [5.74, 6) is -0.384. The molecule has 2 bridgehead atoms. The molecule has 0 aliphatic carbocycles. The predicted octanol–water partition coefficient (Wildman–Crippen LogP) is 1.74. The summed E-state index contributed by atoms with van der Waals surface area (Å²) in [6.07, 6.45) is 0. The number of nitrogens with zero attached hydrogens (tertiary/aromatic N) is 2. The van der Waals surface area contributed by atoms with Gasteiger partial charge in [0.05, 0.1) is 11.8 Å². The quantitative estimate of drug-likeness (QED) is 0.730. The summed E-state index contributed by atoms with van der Waals surface area (Å²) in [6, 6.07) is 8.75. The second-order valence-electron chi connectivity index (χ2n) is 6.35. The zero-order valence-corrected chi connectivity index (χ0v) is 11.9. The molecule has 1 aromatic carbocycles. The monoisotopic (exact) mass is 270 g/mol. The first kappa shape index (κ1) is 12.1. The van der Waals surface area contributed by atoms with Crippen molar-refractivity contribution < 1.29 is 9.59 Å².